The Balaban J connectivity index is 1.84. The summed E-state index contributed by atoms with van der Waals surface area (Å²) in [6, 6.07) is -0.930. The molecule has 0 spiro atoms. The minimum atomic E-state index is -1.79. The first-order valence-electron chi connectivity index (χ1n) is 22.7. The highest BCUT2D eigenvalue weighted by atomic mass is 16.7. The van der Waals surface area contributed by atoms with Crippen LogP contribution in [0.25, 0.3) is 0 Å². The summed E-state index contributed by atoms with van der Waals surface area (Å²) in [5.41, 5.74) is 0. The van der Waals surface area contributed by atoms with E-state index in [1.54, 1.807) is 6.08 Å². The van der Waals surface area contributed by atoms with Crippen LogP contribution in [0.1, 0.15) is 149 Å². The molecular formula is C45H81NO13. The van der Waals surface area contributed by atoms with Crippen LogP contribution in [-0.4, -0.2) is 140 Å². The molecule has 2 fully saturated rings. The summed E-state index contributed by atoms with van der Waals surface area (Å²) in [4.78, 5) is 12.9. The van der Waals surface area contributed by atoms with Crippen LogP contribution in [0.3, 0.4) is 0 Å². The molecule has 14 heteroatoms. The maximum absolute atomic E-state index is 12.9. The van der Waals surface area contributed by atoms with Gasteiger partial charge in [0.05, 0.1) is 32.0 Å². The molecule has 0 aromatic carbocycles. The van der Waals surface area contributed by atoms with Crippen molar-refractivity contribution < 1.29 is 64.6 Å². The molecule has 2 rings (SSSR count). The molecule has 0 aliphatic carbocycles. The second-order valence-corrected chi connectivity index (χ2v) is 16.2. The molecule has 0 aromatic heterocycles. The largest absolute Gasteiger partial charge is 0.394 e. The molecule has 0 bridgehead atoms. The Morgan fingerprint density at radius 3 is 1.66 bits per heavy atom. The van der Waals surface area contributed by atoms with Crippen molar-refractivity contribution in [1.29, 1.82) is 0 Å². The summed E-state index contributed by atoms with van der Waals surface area (Å²) in [7, 11) is 0. The lowest BCUT2D eigenvalue weighted by molar-refractivity contribution is -0.359. The van der Waals surface area contributed by atoms with Gasteiger partial charge in [-0.15, -0.1) is 0 Å². The molecule has 2 saturated heterocycles. The van der Waals surface area contributed by atoms with E-state index in [4.69, 9.17) is 18.9 Å². The summed E-state index contributed by atoms with van der Waals surface area (Å²) < 4.78 is 22.5. The standard InChI is InChI=1S/C45H81NO13/c1-3-5-7-9-10-11-12-13-14-15-16-17-18-19-20-21-22-23-25-26-28-34(49)33(46-37(50)29-27-24-8-6-4-2)32-56-44-42(55)40(53)43(36(31-48)58-44)59-45-41(54)39(52)38(51)35(30-47)57-45/h17-18,21-22,26,28,33-36,38-45,47-49,51-55H,3-16,19-20,23-25,27,29-32H2,1-2H3,(H,46,50)/b18-17+,22-21+,28-26+. The van der Waals surface area contributed by atoms with Crippen LogP contribution in [0.5, 0.6) is 0 Å². The zero-order chi connectivity index (χ0) is 43.3. The predicted octanol–water partition coefficient (Wildman–Crippen LogP) is 4.37. The second kappa shape index (κ2) is 32.9. The van der Waals surface area contributed by atoms with E-state index in [0.717, 1.165) is 51.4 Å². The van der Waals surface area contributed by atoms with Gasteiger partial charge in [0.15, 0.2) is 12.6 Å². The van der Waals surface area contributed by atoms with Gasteiger partial charge in [0, 0.05) is 6.42 Å². The normalized spacial score (nSPS) is 28.8. The number of aliphatic hydroxyl groups excluding tert-OH is 8. The van der Waals surface area contributed by atoms with Crippen LogP contribution in [-0.2, 0) is 23.7 Å². The SMILES string of the molecule is CCCCCCCCCCCC/C=C/CC/C=C/CC/C=C/C(O)C(COC1OC(CO)C(OC2OC(CO)C(O)C(O)C2O)C(O)C1O)NC(=O)CCCCCCC. The molecule has 1 amide bonds. The summed E-state index contributed by atoms with van der Waals surface area (Å²) in [6.45, 7) is 2.63. The molecule has 12 unspecified atom stereocenters. The third-order valence-corrected chi connectivity index (χ3v) is 11.1. The average Bonchev–Trinajstić information content (AvgIpc) is 3.23. The third kappa shape index (κ3) is 21.2. The topological polar surface area (TPSA) is 228 Å². The molecule has 59 heavy (non-hydrogen) atoms. The van der Waals surface area contributed by atoms with Gasteiger partial charge in [0.2, 0.25) is 5.91 Å². The Kier molecular flexibility index (Phi) is 29.7. The van der Waals surface area contributed by atoms with Crippen LogP contribution in [0.15, 0.2) is 36.5 Å². The number of rotatable bonds is 33. The number of carbonyl (C=O) groups excluding carboxylic acids is 1. The Hall–Kier alpha value is -1.79. The molecular weight excluding hydrogens is 762 g/mol. The first-order chi connectivity index (χ1) is 28.6. The van der Waals surface area contributed by atoms with Gasteiger partial charge in [-0.05, 0) is 44.9 Å². The molecule has 14 nitrogen and oxygen atoms in total. The molecule has 9 N–H and O–H groups in total. The molecule has 0 radical (unpaired) electrons. The van der Waals surface area contributed by atoms with E-state index in [-0.39, 0.29) is 18.9 Å². The Bertz CT molecular complexity index is 1140. The van der Waals surface area contributed by atoms with Gasteiger partial charge in [-0.25, -0.2) is 0 Å². The van der Waals surface area contributed by atoms with Gasteiger partial charge in [-0.2, -0.15) is 0 Å². The van der Waals surface area contributed by atoms with Crippen molar-refractivity contribution in [2.24, 2.45) is 0 Å². The fourth-order valence-corrected chi connectivity index (χ4v) is 7.26. The molecule has 0 aromatic rings. The number of hydrogen-bond acceptors (Lipinski definition) is 13. The minimum Gasteiger partial charge on any atom is -0.394 e. The minimum absolute atomic E-state index is 0.265. The highest BCUT2D eigenvalue weighted by Crippen LogP contribution is 2.30. The lowest BCUT2D eigenvalue weighted by atomic mass is 9.97. The van der Waals surface area contributed by atoms with E-state index < -0.39 is 86.8 Å². The Morgan fingerprint density at radius 2 is 1.08 bits per heavy atom. The maximum Gasteiger partial charge on any atom is 0.220 e. The summed E-state index contributed by atoms with van der Waals surface area (Å²) >= 11 is 0. The highest BCUT2D eigenvalue weighted by Gasteiger charge is 2.50. The zero-order valence-corrected chi connectivity index (χ0v) is 36.0. The average molecular weight is 844 g/mol. The van der Waals surface area contributed by atoms with Crippen LogP contribution in [0.4, 0.5) is 0 Å². The van der Waals surface area contributed by atoms with E-state index in [0.29, 0.717) is 12.8 Å². The van der Waals surface area contributed by atoms with Crippen molar-refractivity contribution in [3.05, 3.63) is 36.5 Å². The van der Waals surface area contributed by atoms with Crippen molar-refractivity contribution in [3.63, 3.8) is 0 Å². The fourth-order valence-electron chi connectivity index (χ4n) is 7.26. The van der Waals surface area contributed by atoms with E-state index in [1.165, 1.54) is 64.2 Å². The van der Waals surface area contributed by atoms with Crippen molar-refractivity contribution in [2.45, 2.75) is 222 Å². The van der Waals surface area contributed by atoms with Gasteiger partial charge in [0.1, 0.15) is 48.8 Å². The van der Waals surface area contributed by atoms with Crippen LogP contribution in [0.2, 0.25) is 0 Å². The predicted molar refractivity (Wildman–Crippen MR) is 226 cm³/mol. The smallest absolute Gasteiger partial charge is 0.220 e. The van der Waals surface area contributed by atoms with Crippen LogP contribution < -0.4 is 5.32 Å². The van der Waals surface area contributed by atoms with E-state index in [9.17, 15) is 45.6 Å². The van der Waals surface area contributed by atoms with E-state index in [1.807, 2.05) is 6.08 Å². The van der Waals surface area contributed by atoms with Gasteiger partial charge in [-0.1, -0.05) is 134 Å². The summed E-state index contributed by atoms with van der Waals surface area (Å²) in [5, 5.41) is 86.1. The lowest BCUT2D eigenvalue weighted by Crippen LogP contribution is -2.65. The van der Waals surface area contributed by atoms with Crippen LogP contribution in [0, 0.1) is 0 Å². The summed E-state index contributed by atoms with van der Waals surface area (Å²) in [5.74, 6) is -0.269. The number of allylic oxidation sites excluding steroid dienone is 5. The maximum atomic E-state index is 12.9. The van der Waals surface area contributed by atoms with E-state index >= 15 is 0 Å². The first kappa shape index (κ1) is 53.3. The molecule has 2 aliphatic heterocycles. The lowest BCUT2D eigenvalue weighted by Gasteiger charge is -2.46. The number of nitrogens with one attached hydrogen (secondary N) is 1. The monoisotopic (exact) mass is 844 g/mol. The van der Waals surface area contributed by atoms with Gasteiger partial charge < -0.3 is 65.1 Å². The van der Waals surface area contributed by atoms with Crippen LogP contribution >= 0.6 is 0 Å². The second-order valence-electron chi connectivity index (χ2n) is 16.2. The van der Waals surface area contributed by atoms with E-state index in [2.05, 4.69) is 43.5 Å². The molecule has 344 valence electrons. The number of hydrogen-bond donors (Lipinski definition) is 9. The number of amides is 1. The van der Waals surface area contributed by atoms with Crippen molar-refractivity contribution in [1.82, 2.24) is 5.32 Å². The number of ether oxygens (including phenoxy) is 4. The summed E-state index contributed by atoms with van der Waals surface area (Å²) in [6.07, 6.45) is 18.3. The van der Waals surface area contributed by atoms with Gasteiger partial charge >= 0.3 is 0 Å². The van der Waals surface area contributed by atoms with Crippen molar-refractivity contribution in [3.8, 4) is 0 Å². The first-order valence-corrected chi connectivity index (χ1v) is 22.7. The number of unbranched alkanes of at least 4 members (excludes halogenated alkanes) is 16. The zero-order valence-electron chi connectivity index (χ0n) is 36.0. The highest BCUT2D eigenvalue weighted by molar-refractivity contribution is 5.76. The fraction of sp³-hybridized carbons (Fsp3) is 0.844. The number of aliphatic hydroxyl groups is 8. The van der Waals surface area contributed by atoms with Crippen molar-refractivity contribution >= 4 is 5.91 Å². The quantitative estimate of drug-likeness (QED) is 0.0331. The Labute approximate surface area is 353 Å². The Morgan fingerprint density at radius 1 is 0.593 bits per heavy atom. The third-order valence-electron chi connectivity index (χ3n) is 11.1. The molecule has 0 saturated carbocycles. The number of carbonyl (C=O) groups is 1. The molecule has 2 heterocycles. The molecule has 12 atom stereocenters. The van der Waals surface area contributed by atoms with Crippen molar-refractivity contribution in [2.75, 3.05) is 19.8 Å². The van der Waals surface area contributed by atoms with Gasteiger partial charge in [0.25, 0.3) is 0 Å². The van der Waals surface area contributed by atoms with Gasteiger partial charge in [-0.3, -0.25) is 4.79 Å². The molecule has 2 aliphatic rings.